The van der Waals surface area contributed by atoms with Crippen LogP contribution in [0.5, 0.6) is 5.75 Å². The zero-order valence-corrected chi connectivity index (χ0v) is 11.6. The first-order valence-corrected chi connectivity index (χ1v) is 6.27. The van der Waals surface area contributed by atoms with Crippen molar-refractivity contribution >= 4 is 11.9 Å². The summed E-state index contributed by atoms with van der Waals surface area (Å²) in [7, 11) is 1.59. The van der Waals surface area contributed by atoms with Crippen LogP contribution >= 0.6 is 0 Å². The van der Waals surface area contributed by atoms with Crippen LogP contribution in [0, 0.1) is 0 Å². The molecule has 1 atom stereocenters. The van der Waals surface area contributed by atoms with Gasteiger partial charge in [-0.1, -0.05) is 0 Å². The topological polar surface area (TPSA) is 84.9 Å². The normalized spacial score (nSPS) is 11.7. The van der Waals surface area contributed by atoms with E-state index in [0.29, 0.717) is 24.5 Å². The maximum absolute atomic E-state index is 11.8. The summed E-state index contributed by atoms with van der Waals surface area (Å²) in [5, 5.41) is 11.2. The second kappa shape index (κ2) is 8.16. The zero-order chi connectivity index (χ0) is 15.0. The molecule has 1 rings (SSSR count). The summed E-state index contributed by atoms with van der Waals surface area (Å²) in [5.74, 6) is -0.598. The molecule has 0 saturated carbocycles. The molecule has 0 spiro atoms. The first-order valence-electron chi connectivity index (χ1n) is 6.27. The molecule has 1 aromatic rings. The fraction of sp³-hybridized carbons (Fsp3) is 0.429. The molecule has 6 nitrogen and oxygen atoms in total. The number of ether oxygens (including phenoxy) is 2. The van der Waals surface area contributed by atoms with E-state index >= 15 is 0 Å². The summed E-state index contributed by atoms with van der Waals surface area (Å²) in [6.07, 6.45) is -0.107. The second-order valence-corrected chi connectivity index (χ2v) is 4.34. The van der Waals surface area contributed by atoms with E-state index in [0.717, 1.165) is 0 Å². The van der Waals surface area contributed by atoms with E-state index in [9.17, 15) is 9.59 Å². The van der Waals surface area contributed by atoms with Crippen molar-refractivity contribution in [2.24, 2.45) is 0 Å². The summed E-state index contributed by atoms with van der Waals surface area (Å²) < 4.78 is 10.2. The molecule has 1 aromatic carbocycles. The molecule has 0 aliphatic carbocycles. The number of carboxylic acid groups (broad SMARTS) is 1. The Labute approximate surface area is 117 Å². The molecule has 2 N–H and O–H groups in total. The van der Waals surface area contributed by atoms with Gasteiger partial charge >= 0.3 is 5.97 Å². The van der Waals surface area contributed by atoms with Crippen molar-refractivity contribution in [3.05, 3.63) is 29.8 Å². The van der Waals surface area contributed by atoms with Gasteiger partial charge in [0.15, 0.2) is 0 Å². The highest BCUT2D eigenvalue weighted by Gasteiger charge is 2.12. The number of benzene rings is 1. The third kappa shape index (κ3) is 5.71. The molecule has 1 unspecified atom stereocenters. The Morgan fingerprint density at radius 3 is 2.45 bits per heavy atom. The lowest BCUT2D eigenvalue weighted by atomic mass is 10.1. The van der Waals surface area contributed by atoms with Crippen molar-refractivity contribution < 1.29 is 24.2 Å². The van der Waals surface area contributed by atoms with Crippen molar-refractivity contribution in [1.82, 2.24) is 5.32 Å². The van der Waals surface area contributed by atoms with E-state index < -0.39 is 12.0 Å². The van der Waals surface area contributed by atoms with Crippen molar-refractivity contribution in [2.75, 3.05) is 20.3 Å². The molecular formula is C14H19NO5. The maximum atomic E-state index is 11.8. The third-order valence-electron chi connectivity index (χ3n) is 2.53. The van der Waals surface area contributed by atoms with Crippen molar-refractivity contribution in [2.45, 2.75) is 19.4 Å². The van der Waals surface area contributed by atoms with Crippen molar-refractivity contribution in [3.63, 3.8) is 0 Å². The van der Waals surface area contributed by atoms with E-state index in [-0.39, 0.29) is 12.3 Å². The van der Waals surface area contributed by atoms with Gasteiger partial charge in [-0.3, -0.25) is 9.59 Å². The van der Waals surface area contributed by atoms with E-state index in [1.807, 2.05) is 0 Å². The van der Waals surface area contributed by atoms with E-state index in [1.54, 1.807) is 38.3 Å². The number of nitrogens with one attached hydrogen (secondary N) is 1. The Balaban J connectivity index is 2.50. The SMILES string of the molecule is COCCOc1ccc(C(=O)NC(C)CC(=O)O)cc1. The molecule has 0 heterocycles. The molecule has 0 radical (unpaired) electrons. The molecule has 0 aromatic heterocycles. The number of hydrogen-bond donors (Lipinski definition) is 2. The lowest BCUT2D eigenvalue weighted by molar-refractivity contribution is -0.137. The Morgan fingerprint density at radius 2 is 1.90 bits per heavy atom. The lowest BCUT2D eigenvalue weighted by Gasteiger charge is -2.12. The minimum Gasteiger partial charge on any atom is -0.491 e. The summed E-state index contributed by atoms with van der Waals surface area (Å²) >= 11 is 0. The Bertz CT molecular complexity index is 443. The van der Waals surface area contributed by atoms with Gasteiger partial charge in [0.25, 0.3) is 5.91 Å². The van der Waals surface area contributed by atoms with Crippen LogP contribution in [0.3, 0.4) is 0 Å². The molecule has 0 aliphatic heterocycles. The van der Waals surface area contributed by atoms with Crippen LogP contribution in [0.25, 0.3) is 0 Å². The average molecular weight is 281 g/mol. The largest absolute Gasteiger partial charge is 0.491 e. The van der Waals surface area contributed by atoms with Gasteiger partial charge in [-0.25, -0.2) is 0 Å². The summed E-state index contributed by atoms with van der Waals surface area (Å²) in [6, 6.07) is 6.21. The summed E-state index contributed by atoms with van der Waals surface area (Å²) in [4.78, 5) is 22.4. The fourth-order valence-corrected chi connectivity index (χ4v) is 1.57. The van der Waals surface area contributed by atoms with Crippen molar-refractivity contribution in [3.8, 4) is 5.75 Å². The van der Waals surface area contributed by atoms with Gasteiger partial charge in [-0.2, -0.15) is 0 Å². The average Bonchev–Trinajstić information content (AvgIpc) is 2.38. The smallest absolute Gasteiger partial charge is 0.305 e. The van der Waals surface area contributed by atoms with Gasteiger partial charge in [0.2, 0.25) is 0 Å². The number of methoxy groups -OCH3 is 1. The standard InChI is InChI=1S/C14H19NO5/c1-10(9-13(16)17)15-14(18)11-3-5-12(6-4-11)20-8-7-19-2/h3-6,10H,7-9H2,1-2H3,(H,15,18)(H,16,17). The van der Waals surface area contributed by atoms with Gasteiger partial charge in [0, 0.05) is 18.7 Å². The molecule has 1 amide bonds. The van der Waals surface area contributed by atoms with Crippen LogP contribution in [0.4, 0.5) is 0 Å². The number of carboxylic acids is 1. The quantitative estimate of drug-likeness (QED) is 0.702. The molecule has 6 heteroatoms. The molecule has 20 heavy (non-hydrogen) atoms. The van der Waals surface area contributed by atoms with Gasteiger partial charge in [-0.15, -0.1) is 0 Å². The van der Waals surface area contributed by atoms with Crippen LogP contribution in [0.15, 0.2) is 24.3 Å². The van der Waals surface area contributed by atoms with Crippen LogP contribution in [0.2, 0.25) is 0 Å². The summed E-state index contributed by atoms with van der Waals surface area (Å²) in [6.45, 7) is 2.58. The molecule has 0 saturated heterocycles. The van der Waals surface area contributed by atoms with Gasteiger partial charge < -0.3 is 19.9 Å². The Morgan fingerprint density at radius 1 is 1.25 bits per heavy atom. The van der Waals surface area contributed by atoms with Crippen molar-refractivity contribution in [1.29, 1.82) is 0 Å². The van der Waals surface area contributed by atoms with Gasteiger partial charge in [0.05, 0.1) is 13.0 Å². The summed E-state index contributed by atoms with van der Waals surface area (Å²) in [5.41, 5.74) is 0.460. The predicted molar refractivity (Wildman–Crippen MR) is 73.0 cm³/mol. The number of carbonyl (C=O) groups is 2. The van der Waals surface area contributed by atoms with E-state index in [1.165, 1.54) is 0 Å². The van der Waals surface area contributed by atoms with Crippen LogP contribution in [-0.4, -0.2) is 43.3 Å². The Hall–Kier alpha value is -2.08. The molecule has 0 aliphatic rings. The molecule has 110 valence electrons. The number of hydrogen-bond acceptors (Lipinski definition) is 4. The van der Waals surface area contributed by atoms with E-state index in [4.69, 9.17) is 14.6 Å². The van der Waals surface area contributed by atoms with Crippen LogP contribution in [-0.2, 0) is 9.53 Å². The highest BCUT2D eigenvalue weighted by Crippen LogP contribution is 2.12. The highest BCUT2D eigenvalue weighted by atomic mass is 16.5. The lowest BCUT2D eigenvalue weighted by Crippen LogP contribution is -2.34. The first kappa shape index (κ1) is 16.0. The third-order valence-corrected chi connectivity index (χ3v) is 2.53. The van der Waals surface area contributed by atoms with Crippen LogP contribution < -0.4 is 10.1 Å². The van der Waals surface area contributed by atoms with Crippen LogP contribution in [0.1, 0.15) is 23.7 Å². The fourth-order valence-electron chi connectivity index (χ4n) is 1.57. The van der Waals surface area contributed by atoms with Gasteiger partial charge in [-0.05, 0) is 31.2 Å². The number of rotatable bonds is 8. The number of amides is 1. The van der Waals surface area contributed by atoms with E-state index in [2.05, 4.69) is 5.32 Å². The minimum absolute atomic E-state index is 0.107. The molecule has 0 fully saturated rings. The monoisotopic (exact) mass is 281 g/mol. The molecular weight excluding hydrogens is 262 g/mol. The minimum atomic E-state index is -0.945. The zero-order valence-electron chi connectivity index (χ0n) is 11.6. The number of aliphatic carboxylic acids is 1. The number of carbonyl (C=O) groups excluding carboxylic acids is 1. The second-order valence-electron chi connectivity index (χ2n) is 4.34. The highest BCUT2D eigenvalue weighted by molar-refractivity contribution is 5.94. The van der Waals surface area contributed by atoms with Gasteiger partial charge in [0.1, 0.15) is 12.4 Å². The molecule has 0 bridgehead atoms. The maximum Gasteiger partial charge on any atom is 0.305 e. The predicted octanol–water partition coefficient (Wildman–Crippen LogP) is 1.30. The Kier molecular flexibility index (Phi) is 6.52. The first-order chi connectivity index (χ1) is 9.52.